The molecular formula is C71H137NO5. The molecule has 0 saturated carbocycles. The maximum absolute atomic E-state index is 12.5. The van der Waals surface area contributed by atoms with Crippen LogP contribution in [0.2, 0.25) is 0 Å². The third-order valence-electron chi connectivity index (χ3n) is 16.5. The molecule has 0 aromatic heterocycles. The summed E-state index contributed by atoms with van der Waals surface area (Å²) >= 11 is 0. The van der Waals surface area contributed by atoms with E-state index in [1.807, 2.05) is 6.08 Å². The molecule has 77 heavy (non-hydrogen) atoms. The molecule has 0 bridgehead atoms. The van der Waals surface area contributed by atoms with E-state index in [2.05, 4.69) is 31.3 Å². The first-order chi connectivity index (χ1) is 38.0. The third-order valence-corrected chi connectivity index (χ3v) is 16.5. The number of aliphatic hydroxyl groups is 2. The molecule has 0 rings (SSSR count). The van der Waals surface area contributed by atoms with Crippen LogP contribution >= 0.6 is 0 Å². The molecule has 1 amide bonds. The number of carbonyl (C=O) groups is 2. The highest BCUT2D eigenvalue weighted by Gasteiger charge is 2.18. The average molecular weight is 1080 g/mol. The number of nitrogens with one attached hydrogen (secondary N) is 1. The van der Waals surface area contributed by atoms with Gasteiger partial charge < -0.3 is 20.3 Å². The second-order valence-electron chi connectivity index (χ2n) is 24.2. The first-order valence-electron chi connectivity index (χ1n) is 35.1. The Kier molecular flexibility index (Phi) is 65.4. The molecule has 2 unspecified atom stereocenters. The van der Waals surface area contributed by atoms with Gasteiger partial charge in [0.05, 0.1) is 25.4 Å². The molecule has 6 heteroatoms. The molecule has 456 valence electrons. The third kappa shape index (κ3) is 63.4. The predicted octanol–water partition coefficient (Wildman–Crippen LogP) is 22.5. The van der Waals surface area contributed by atoms with Gasteiger partial charge in [-0.2, -0.15) is 0 Å². The second kappa shape index (κ2) is 66.8. The maximum Gasteiger partial charge on any atom is 0.305 e. The Morgan fingerprint density at radius 2 is 0.610 bits per heavy atom. The summed E-state index contributed by atoms with van der Waals surface area (Å²) in [7, 11) is 0. The zero-order valence-corrected chi connectivity index (χ0v) is 52.2. The smallest absolute Gasteiger partial charge is 0.305 e. The fraction of sp³-hybridized carbons (Fsp3) is 0.915. The number of allylic oxidation sites excluding steroid dienone is 3. The normalized spacial score (nSPS) is 12.6. The highest BCUT2D eigenvalue weighted by Crippen LogP contribution is 2.19. The van der Waals surface area contributed by atoms with Gasteiger partial charge in [-0.3, -0.25) is 9.59 Å². The van der Waals surface area contributed by atoms with E-state index in [9.17, 15) is 19.8 Å². The van der Waals surface area contributed by atoms with Crippen molar-refractivity contribution in [1.29, 1.82) is 0 Å². The van der Waals surface area contributed by atoms with Gasteiger partial charge >= 0.3 is 5.97 Å². The summed E-state index contributed by atoms with van der Waals surface area (Å²) in [6.45, 7) is 4.94. The van der Waals surface area contributed by atoms with E-state index < -0.39 is 12.1 Å². The van der Waals surface area contributed by atoms with Gasteiger partial charge in [0.25, 0.3) is 0 Å². The summed E-state index contributed by atoms with van der Waals surface area (Å²) in [5.74, 6) is -0.0623. The largest absolute Gasteiger partial charge is 0.466 e. The van der Waals surface area contributed by atoms with Crippen LogP contribution in [-0.4, -0.2) is 47.4 Å². The molecule has 0 saturated heterocycles. The lowest BCUT2D eigenvalue weighted by Crippen LogP contribution is -2.45. The number of hydrogen-bond acceptors (Lipinski definition) is 5. The van der Waals surface area contributed by atoms with Crippen molar-refractivity contribution < 1.29 is 24.5 Å². The zero-order chi connectivity index (χ0) is 55.7. The fourth-order valence-electron chi connectivity index (χ4n) is 11.1. The van der Waals surface area contributed by atoms with Gasteiger partial charge in [0.2, 0.25) is 5.91 Å². The van der Waals surface area contributed by atoms with Crippen LogP contribution in [0.5, 0.6) is 0 Å². The predicted molar refractivity (Wildman–Crippen MR) is 338 cm³/mol. The van der Waals surface area contributed by atoms with E-state index in [1.54, 1.807) is 6.08 Å². The van der Waals surface area contributed by atoms with E-state index in [0.29, 0.717) is 19.4 Å². The van der Waals surface area contributed by atoms with Gasteiger partial charge in [-0.15, -0.1) is 0 Å². The van der Waals surface area contributed by atoms with Gasteiger partial charge in [-0.25, -0.2) is 0 Å². The van der Waals surface area contributed by atoms with Crippen molar-refractivity contribution in [3.05, 3.63) is 24.3 Å². The van der Waals surface area contributed by atoms with Crippen LogP contribution in [0, 0.1) is 0 Å². The number of rotatable bonds is 66. The van der Waals surface area contributed by atoms with E-state index in [0.717, 1.165) is 44.9 Å². The number of unbranched alkanes of at least 4 members (excludes halogenated alkanes) is 53. The van der Waals surface area contributed by atoms with Crippen molar-refractivity contribution in [2.75, 3.05) is 13.2 Å². The van der Waals surface area contributed by atoms with Crippen LogP contribution in [-0.2, 0) is 14.3 Å². The van der Waals surface area contributed by atoms with Crippen LogP contribution in [0.4, 0.5) is 0 Å². The SMILES string of the molecule is CCCCCCCCCCCCCCCCCCCCCCCC/C=C/C(O)C(CO)NC(=O)CCCCCCCCC/C=C\CCCCCCCCCCCOC(=O)CCCCCCCCCCCCCCCCCC. The number of hydrogen-bond donors (Lipinski definition) is 3. The Bertz CT molecular complexity index is 1200. The fourth-order valence-corrected chi connectivity index (χ4v) is 11.1. The second-order valence-corrected chi connectivity index (χ2v) is 24.2. The molecule has 3 N–H and O–H groups in total. The molecule has 0 aromatic carbocycles. The highest BCUT2D eigenvalue weighted by atomic mass is 16.5. The van der Waals surface area contributed by atoms with Gasteiger partial charge in [-0.1, -0.05) is 346 Å². The number of esters is 1. The molecule has 0 aliphatic heterocycles. The van der Waals surface area contributed by atoms with Crippen molar-refractivity contribution in [3.63, 3.8) is 0 Å². The summed E-state index contributed by atoms with van der Waals surface area (Å²) in [5, 5.41) is 23.3. The lowest BCUT2D eigenvalue weighted by molar-refractivity contribution is -0.143. The summed E-state index contributed by atoms with van der Waals surface area (Å²) < 4.78 is 5.50. The van der Waals surface area contributed by atoms with Crippen molar-refractivity contribution in [3.8, 4) is 0 Å². The Labute approximate surface area is 481 Å². The first kappa shape index (κ1) is 75.3. The van der Waals surface area contributed by atoms with Gasteiger partial charge in [0, 0.05) is 12.8 Å². The molecule has 2 atom stereocenters. The highest BCUT2D eigenvalue weighted by molar-refractivity contribution is 5.76. The van der Waals surface area contributed by atoms with E-state index in [-0.39, 0.29) is 18.5 Å². The van der Waals surface area contributed by atoms with Crippen LogP contribution in [0.25, 0.3) is 0 Å². The average Bonchev–Trinajstić information content (AvgIpc) is 3.43. The molecule has 0 aromatic rings. The topological polar surface area (TPSA) is 95.9 Å². The molecule has 0 fully saturated rings. The summed E-state index contributed by atoms with van der Waals surface area (Å²) in [6, 6.07) is -0.635. The van der Waals surface area contributed by atoms with E-state index in [1.165, 1.54) is 321 Å². The van der Waals surface area contributed by atoms with Crippen molar-refractivity contribution in [2.24, 2.45) is 0 Å². The van der Waals surface area contributed by atoms with Gasteiger partial charge in [0.15, 0.2) is 0 Å². The first-order valence-corrected chi connectivity index (χ1v) is 35.1. The molecule has 0 radical (unpaired) electrons. The molecule has 0 heterocycles. The minimum atomic E-state index is -0.851. The monoisotopic (exact) mass is 1080 g/mol. The van der Waals surface area contributed by atoms with Gasteiger partial charge in [-0.05, 0) is 57.8 Å². The Balaban J connectivity index is 3.44. The standard InChI is InChI=1S/C71H137NO5/c1-3-5-7-9-11-13-15-17-19-21-22-23-24-25-26-29-32-35-39-43-47-51-55-59-63-69(74)68(67-73)72-70(75)64-60-56-52-48-44-40-36-33-30-27-28-31-34-38-42-46-50-54-58-62-66-77-71(76)65-61-57-53-49-45-41-37-20-18-16-14-12-10-8-6-4-2/h27,30,59,63,68-69,73-74H,3-26,28-29,31-58,60-62,64-67H2,1-2H3,(H,72,75)/b30-27-,63-59+. The minimum absolute atomic E-state index is 0.00994. The lowest BCUT2D eigenvalue weighted by atomic mass is 10.0. The molecule has 0 spiro atoms. The molecule has 0 aliphatic rings. The van der Waals surface area contributed by atoms with Crippen molar-refractivity contribution in [2.45, 2.75) is 405 Å². The van der Waals surface area contributed by atoms with Crippen LogP contribution in [0.1, 0.15) is 393 Å². The van der Waals surface area contributed by atoms with Gasteiger partial charge in [0.1, 0.15) is 0 Å². The quantitative estimate of drug-likeness (QED) is 0.0320. The number of amides is 1. The summed E-state index contributed by atoms with van der Waals surface area (Å²) in [4.78, 5) is 24.6. The van der Waals surface area contributed by atoms with E-state index >= 15 is 0 Å². The minimum Gasteiger partial charge on any atom is -0.466 e. The number of carbonyl (C=O) groups excluding carboxylic acids is 2. The van der Waals surface area contributed by atoms with Crippen molar-refractivity contribution in [1.82, 2.24) is 5.32 Å². The number of ether oxygens (including phenoxy) is 1. The zero-order valence-electron chi connectivity index (χ0n) is 52.2. The summed E-state index contributed by atoms with van der Waals surface area (Å²) in [6.07, 6.45) is 83.9. The van der Waals surface area contributed by atoms with Crippen LogP contribution < -0.4 is 5.32 Å². The Morgan fingerprint density at radius 1 is 0.351 bits per heavy atom. The lowest BCUT2D eigenvalue weighted by Gasteiger charge is -2.20. The van der Waals surface area contributed by atoms with Crippen LogP contribution in [0.3, 0.4) is 0 Å². The van der Waals surface area contributed by atoms with E-state index in [4.69, 9.17) is 4.74 Å². The Morgan fingerprint density at radius 3 is 0.922 bits per heavy atom. The Hall–Kier alpha value is -1.66. The summed E-state index contributed by atoms with van der Waals surface area (Å²) in [5.41, 5.74) is 0. The molecule has 0 aliphatic carbocycles. The maximum atomic E-state index is 12.5. The number of aliphatic hydroxyl groups excluding tert-OH is 2. The van der Waals surface area contributed by atoms with Crippen LogP contribution in [0.15, 0.2) is 24.3 Å². The molecular weight excluding hydrogens is 947 g/mol. The van der Waals surface area contributed by atoms with Crippen molar-refractivity contribution >= 4 is 11.9 Å². The molecule has 6 nitrogen and oxygen atoms in total.